The van der Waals surface area contributed by atoms with Crippen LogP contribution in [0, 0.1) is 11.8 Å². The molecule has 2 fully saturated rings. The Morgan fingerprint density at radius 3 is 2.73 bits per heavy atom. The second kappa shape index (κ2) is 7.01. The number of aliphatic hydroxyl groups excluding tert-OH is 1. The van der Waals surface area contributed by atoms with Gasteiger partial charge in [-0.3, -0.25) is 0 Å². The Labute approximate surface area is 134 Å². The van der Waals surface area contributed by atoms with Crippen molar-refractivity contribution in [1.82, 2.24) is 5.32 Å². The van der Waals surface area contributed by atoms with Gasteiger partial charge in [0.15, 0.2) is 0 Å². The highest BCUT2D eigenvalue weighted by Gasteiger charge is 2.41. The monoisotopic (exact) mass is 303 g/mol. The van der Waals surface area contributed by atoms with Crippen LogP contribution in [0.25, 0.3) is 0 Å². The van der Waals surface area contributed by atoms with E-state index in [9.17, 15) is 5.11 Å². The summed E-state index contributed by atoms with van der Waals surface area (Å²) >= 11 is 0. The maximum Gasteiger partial charge on any atom is 0.122 e. The molecule has 22 heavy (non-hydrogen) atoms. The molecule has 2 saturated carbocycles. The summed E-state index contributed by atoms with van der Waals surface area (Å²) in [5.41, 5.74) is 1.36. The zero-order valence-corrected chi connectivity index (χ0v) is 13.8. The van der Waals surface area contributed by atoms with Crippen molar-refractivity contribution in [2.45, 2.75) is 57.6 Å². The Hall–Kier alpha value is -1.06. The van der Waals surface area contributed by atoms with Crippen molar-refractivity contribution in [3.63, 3.8) is 0 Å². The third-order valence-corrected chi connectivity index (χ3v) is 5.25. The fraction of sp³-hybridized carbons (Fsp3) is 0.684. The van der Waals surface area contributed by atoms with Crippen LogP contribution in [0.2, 0.25) is 0 Å². The zero-order chi connectivity index (χ0) is 15.5. The van der Waals surface area contributed by atoms with E-state index in [1.807, 2.05) is 6.07 Å². The van der Waals surface area contributed by atoms with Crippen LogP contribution in [0.4, 0.5) is 0 Å². The number of para-hydroxylation sites is 1. The Balaban J connectivity index is 1.60. The van der Waals surface area contributed by atoms with Crippen molar-refractivity contribution >= 4 is 0 Å². The van der Waals surface area contributed by atoms with Crippen molar-refractivity contribution in [2.24, 2.45) is 11.8 Å². The summed E-state index contributed by atoms with van der Waals surface area (Å²) in [5, 5.41) is 13.3. The maximum atomic E-state index is 10.0. The molecule has 0 saturated heterocycles. The van der Waals surface area contributed by atoms with Gasteiger partial charge in [0.25, 0.3) is 0 Å². The predicted molar refractivity (Wildman–Crippen MR) is 89.3 cm³/mol. The minimum atomic E-state index is -0.463. The van der Waals surface area contributed by atoms with Gasteiger partial charge in [-0.25, -0.2) is 0 Å². The number of nitrogens with one attached hydrogen (secondary N) is 1. The first kappa shape index (κ1) is 15.8. The molecule has 4 atom stereocenters. The molecule has 0 radical (unpaired) electrons. The normalized spacial score (nSPS) is 28.3. The average molecular weight is 303 g/mol. The summed E-state index contributed by atoms with van der Waals surface area (Å²) in [6.45, 7) is 5.10. The van der Waals surface area contributed by atoms with Gasteiger partial charge in [0.2, 0.25) is 0 Å². The van der Waals surface area contributed by atoms with Crippen LogP contribution in [-0.4, -0.2) is 30.4 Å². The zero-order valence-electron chi connectivity index (χ0n) is 13.8. The summed E-state index contributed by atoms with van der Waals surface area (Å²) in [7, 11) is 0. The minimum absolute atomic E-state index is 0.359. The van der Waals surface area contributed by atoms with Gasteiger partial charge in [-0.05, 0) is 48.6 Å². The number of rotatable bonds is 7. The molecule has 0 spiro atoms. The van der Waals surface area contributed by atoms with E-state index in [0.29, 0.717) is 25.1 Å². The Morgan fingerprint density at radius 2 is 2.05 bits per heavy atom. The van der Waals surface area contributed by atoms with E-state index in [1.54, 1.807) is 0 Å². The van der Waals surface area contributed by atoms with Crippen LogP contribution in [-0.2, 0) is 0 Å². The summed E-state index contributed by atoms with van der Waals surface area (Å²) in [4.78, 5) is 0. The lowest BCUT2D eigenvalue weighted by Crippen LogP contribution is -2.35. The molecule has 3 rings (SSSR count). The Kier molecular flexibility index (Phi) is 5.04. The molecule has 1 aromatic carbocycles. The van der Waals surface area contributed by atoms with Gasteiger partial charge in [-0.15, -0.1) is 0 Å². The number of hydrogen-bond acceptors (Lipinski definition) is 3. The van der Waals surface area contributed by atoms with Crippen LogP contribution in [0.5, 0.6) is 5.75 Å². The molecule has 3 heteroatoms. The number of fused-ring (bicyclic) bond motifs is 2. The van der Waals surface area contributed by atoms with E-state index >= 15 is 0 Å². The standard InChI is InChI=1S/C19H29NO2/c1-13(2)20-11-16(21)12-22-19-6-4-3-5-17(19)18-10-14-7-8-15(18)9-14/h3-6,13-16,18,20-21H,7-12H2,1-2H3/t14-,15+,16-,18+/m0/s1. The highest BCUT2D eigenvalue weighted by molar-refractivity contribution is 5.38. The number of ether oxygens (including phenoxy) is 1. The molecule has 0 aliphatic heterocycles. The molecule has 122 valence electrons. The minimum Gasteiger partial charge on any atom is -0.491 e. The van der Waals surface area contributed by atoms with Crippen LogP contribution in [0.3, 0.4) is 0 Å². The largest absolute Gasteiger partial charge is 0.491 e. The van der Waals surface area contributed by atoms with Crippen molar-refractivity contribution in [2.75, 3.05) is 13.2 Å². The SMILES string of the molecule is CC(C)NC[C@H](O)COc1ccccc1[C@@H]1C[C@H]2CC[C@@H]1C2. The van der Waals surface area contributed by atoms with Gasteiger partial charge in [0.1, 0.15) is 18.5 Å². The van der Waals surface area contributed by atoms with Crippen molar-refractivity contribution in [3.8, 4) is 5.75 Å². The van der Waals surface area contributed by atoms with Crippen LogP contribution >= 0.6 is 0 Å². The lowest BCUT2D eigenvalue weighted by Gasteiger charge is -2.25. The van der Waals surface area contributed by atoms with Crippen molar-refractivity contribution in [1.29, 1.82) is 0 Å². The lowest BCUT2D eigenvalue weighted by atomic mass is 9.83. The molecule has 3 nitrogen and oxygen atoms in total. The Morgan fingerprint density at radius 1 is 1.23 bits per heavy atom. The van der Waals surface area contributed by atoms with Gasteiger partial charge in [-0.2, -0.15) is 0 Å². The van der Waals surface area contributed by atoms with Crippen LogP contribution in [0.1, 0.15) is 51.0 Å². The third-order valence-electron chi connectivity index (χ3n) is 5.25. The first-order chi connectivity index (χ1) is 10.6. The summed E-state index contributed by atoms with van der Waals surface area (Å²) in [6, 6.07) is 8.81. The topological polar surface area (TPSA) is 41.5 Å². The van der Waals surface area contributed by atoms with Crippen LogP contribution < -0.4 is 10.1 Å². The molecular formula is C19H29NO2. The lowest BCUT2D eigenvalue weighted by molar-refractivity contribution is 0.103. The molecule has 0 aromatic heterocycles. The summed E-state index contributed by atoms with van der Waals surface area (Å²) in [6.07, 6.45) is 5.06. The van der Waals surface area contributed by atoms with Gasteiger partial charge in [0.05, 0.1) is 0 Å². The molecule has 2 aliphatic rings. The van der Waals surface area contributed by atoms with E-state index in [-0.39, 0.29) is 0 Å². The maximum absolute atomic E-state index is 10.0. The summed E-state index contributed by atoms with van der Waals surface area (Å²) < 4.78 is 5.96. The quantitative estimate of drug-likeness (QED) is 0.812. The number of benzene rings is 1. The second-order valence-electron chi connectivity index (χ2n) is 7.35. The van der Waals surface area contributed by atoms with Crippen molar-refractivity contribution < 1.29 is 9.84 Å². The van der Waals surface area contributed by atoms with Gasteiger partial charge in [-0.1, -0.05) is 38.5 Å². The first-order valence-corrected chi connectivity index (χ1v) is 8.76. The van der Waals surface area contributed by atoms with Gasteiger partial charge < -0.3 is 15.2 Å². The molecule has 0 unspecified atom stereocenters. The summed E-state index contributed by atoms with van der Waals surface area (Å²) in [5.74, 6) is 3.43. The molecule has 2 aliphatic carbocycles. The smallest absolute Gasteiger partial charge is 0.122 e. The molecule has 0 heterocycles. The van der Waals surface area contributed by atoms with E-state index in [2.05, 4.69) is 37.4 Å². The molecule has 2 N–H and O–H groups in total. The Bertz CT molecular complexity index is 488. The molecule has 2 bridgehead atoms. The highest BCUT2D eigenvalue weighted by Crippen LogP contribution is 2.54. The van der Waals surface area contributed by atoms with Crippen LogP contribution in [0.15, 0.2) is 24.3 Å². The predicted octanol–water partition coefficient (Wildman–Crippen LogP) is 3.33. The van der Waals surface area contributed by atoms with E-state index in [4.69, 9.17) is 4.74 Å². The fourth-order valence-corrected chi connectivity index (χ4v) is 4.16. The molecule has 1 aromatic rings. The van der Waals surface area contributed by atoms with Gasteiger partial charge in [0, 0.05) is 12.6 Å². The van der Waals surface area contributed by atoms with Gasteiger partial charge >= 0.3 is 0 Å². The first-order valence-electron chi connectivity index (χ1n) is 8.76. The average Bonchev–Trinajstić information content (AvgIpc) is 3.14. The fourth-order valence-electron chi connectivity index (χ4n) is 4.16. The second-order valence-corrected chi connectivity index (χ2v) is 7.35. The molecule has 0 amide bonds. The number of hydrogen-bond donors (Lipinski definition) is 2. The third kappa shape index (κ3) is 3.64. The van der Waals surface area contributed by atoms with E-state index in [0.717, 1.165) is 17.6 Å². The van der Waals surface area contributed by atoms with E-state index in [1.165, 1.54) is 31.2 Å². The molecular weight excluding hydrogens is 274 g/mol. The van der Waals surface area contributed by atoms with Crippen molar-refractivity contribution in [3.05, 3.63) is 29.8 Å². The highest BCUT2D eigenvalue weighted by atomic mass is 16.5. The van der Waals surface area contributed by atoms with E-state index < -0.39 is 6.10 Å². The number of aliphatic hydroxyl groups is 1.